The summed E-state index contributed by atoms with van der Waals surface area (Å²) in [4.78, 5) is 21.6. The Morgan fingerprint density at radius 2 is 0.829 bits per heavy atom. The molecule has 41 heavy (non-hydrogen) atoms. The first kappa shape index (κ1) is 38.6. The fourth-order valence-corrected chi connectivity index (χ4v) is 4.81. The van der Waals surface area contributed by atoms with Crippen molar-refractivity contribution in [3.63, 3.8) is 0 Å². The Kier molecular flexibility index (Phi) is 22.8. The van der Waals surface area contributed by atoms with Crippen LogP contribution in [0.25, 0.3) is 0 Å². The van der Waals surface area contributed by atoms with Crippen molar-refractivity contribution in [2.45, 2.75) is 129 Å². The number of aromatic carboxylic acids is 2. The van der Waals surface area contributed by atoms with Crippen LogP contribution >= 0.6 is 0 Å². The summed E-state index contributed by atoms with van der Waals surface area (Å²) in [5.41, 5.74) is 1.19. The molecule has 0 radical (unpaired) electrons. The summed E-state index contributed by atoms with van der Waals surface area (Å²) in [6.07, 6.45) is 21.1. The molecule has 0 saturated carbocycles. The Bertz CT molecular complexity index is 912. The van der Waals surface area contributed by atoms with Gasteiger partial charge in [-0.1, -0.05) is 128 Å². The van der Waals surface area contributed by atoms with E-state index in [1.807, 2.05) is 0 Å². The minimum atomic E-state index is -1.32. The third-order valence-electron chi connectivity index (χ3n) is 7.28. The van der Waals surface area contributed by atoms with Crippen LogP contribution in [0.15, 0.2) is 36.4 Å². The molecule has 2 aromatic rings. The second kappa shape index (κ2) is 24.2. The summed E-state index contributed by atoms with van der Waals surface area (Å²) in [5.74, 6) is -2.90. The Labute approximate surface area is 260 Å². The number of aromatic hydroxyl groups is 2. The average Bonchev–Trinajstić information content (AvgIpc) is 2.93. The van der Waals surface area contributed by atoms with Crippen molar-refractivity contribution in [1.82, 2.24) is 0 Å². The van der Waals surface area contributed by atoms with Crippen LogP contribution < -0.4 is 10.2 Å². The van der Waals surface area contributed by atoms with Gasteiger partial charge in [0.25, 0.3) is 0 Å². The smallest absolute Gasteiger partial charge is 0.545 e. The fraction of sp³-hybridized carbons (Fsp3) is 0.588. The molecule has 0 aliphatic heterocycles. The molecule has 6 nitrogen and oxygen atoms in total. The van der Waals surface area contributed by atoms with E-state index in [0.29, 0.717) is 11.1 Å². The van der Waals surface area contributed by atoms with E-state index in [0.717, 1.165) is 38.5 Å². The number of phenols is 2. The standard InChI is InChI=1S/2C17H26O3.Zn/c2*1-2-3-4-5-6-7-8-9-11-14-12-10-13-15(16(14)18)17(19)20;/h2*10,12-13,18H,2-9,11H2,1H3,(H,19,20);/q;;+2/p-2. The normalized spacial score (nSPS) is 10.4. The number of para-hydroxylation sites is 2. The van der Waals surface area contributed by atoms with Crippen molar-refractivity contribution < 1.29 is 49.5 Å². The Morgan fingerprint density at radius 1 is 0.537 bits per heavy atom. The number of carbonyl (C=O) groups is 2. The SMILES string of the molecule is CCCCCCCCCCc1cccc(C(=O)[O-])c1O.CCCCCCCCCCc1cccc(C(=O)[O-])c1O.[Zn+2]. The first-order chi connectivity index (χ1) is 19.3. The number of benzene rings is 2. The summed E-state index contributed by atoms with van der Waals surface area (Å²) in [6, 6.07) is 9.63. The van der Waals surface area contributed by atoms with Gasteiger partial charge in [0.05, 0.1) is 11.9 Å². The third-order valence-corrected chi connectivity index (χ3v) is 7.28. The maximum atomic E-state index is 10.8. The molecular weight excluding hydrogens is 570 g/mol. The van der Waals surface area contributed by atoms with Gasteiger partial charge >= 0.3 is 19.5 Å². The first-order valence-electron chi connectivity index (χ1n) is 15.4. The van der Waals surface area contributed by atoms with Crippen LogP contribution in [-0.2, 0) is 32.3 Å². The average molecular weight is 620 g/mol. The summed E-state index contributed by atoms with van der Waals surface area (Å²) < 4.78 is 0. The van der Waals surface area contributed by atoms with Crippen LogP contribution in [0.5, 0.6) is 11.5 Å². The molecule has 0 atom stereocenters. The molecule has 0 aliphatic rings. The Balaban J connectivity index is 0.000000762. The number of carboxylic acids is 2. The third kappa shape index (κ3) is 16.6. The summed E-state index contributed by atoms with van der Waals surface area (Å²) >= 11 is 0. The van der Waals surface area contributed by atoms with Crippen molar-refractivity contribution >= 4 is 11.9 Å². The molecular formula is C34H50O6Zn. The molecule has 0 amide bonds. The molecule has 2 N–H and O–H groups in total. The molecule has 0 aliphatic carbocycles. The largest absolute Gasteiger partial charge is 2.00 e. The maximum absolute atomic E-state index is 10.8. The van der Waals surface area contributed by atoms with Crippen molar-refractivity contribution in [2.75, 3.05) is 0 Å². The molecule has 0 spiro atoms. The molecule has 0 unspecified atom stereocenters. The molecule has 224 valence electrons. The minimum absolute atomic E-state index is 0. The quantitative estimate of drug-likeness (QED) is 0.123. The second-order valence-electron chi connectivity index (χ2n) is 10.7. The number of carbonyl (C=O) groups excluding carboxylic acids is 2. The molecule has 0 heterocycles. The van der Waals surface area contributed by atoms with Crippen molar-refractivity contribution in [3.8, 4) is 11.5 Å². The zero-order valence-electron chi connectivity index (χ0n) is 25.4. The number of unbranched alkanes of at least 4 members (excludes halogenated alkanes) is 14. The van der Waals surface area contributed by atoms with Gasteiger partial charge in [-0.25, -0.2) is 0 Å². The van der Waals surface area contributed by atoms with Crippen LogP contribution in [0.1, 0.15) is 148 Å². The van der Waals surface area contributed by atoms with E-state index in [-0.39, 0.29) is 42.1 Å². The van der Waals surface area contributed by atoms with Gasteiger partial charge in [0.2, 0.25) is 0 Å². The first-order valence-corrected chi connectivity index (χ1v) is 15.4. The van der Waals surface area contributed by atoms with E-state index in [9.17, 15) is 30.0 Å². The van der Waals surface area contributed by atoms with Gasteiger partial charge < -0.3 is 30.0 Å². The van der Waals surface area contributed by atoms with Gasteiger partial charge in [0.15, 0.2) is 0 Å². The van der Waals surface area contributed by atoms with Gasteiger partial charge in [-0.3, -0.25) is 0 Å². The number of carboxylic acid groups (broad SMARTS) is 2. The van der Waals surface area contributed by atoms with Crippen molar-refractivity contribution in [1.29, 1.82) is 0 Å². The summed E-state index contributed by atoms with van der Waals surface area (Å²) in [6.45, 7) is 4.43. The van der Waals surface area contributed by atoms with Gasteiger partial charge in [-0.05, 0) is 48.9 Å². The van der Waals surface area contributed by atoms with Crippen molar-refractivity contribution in [2.24, 2.45) is 0 Å². The summed E-state index contributed by atoms with van der Waals surface area (Å²) in [7, 11) is 0. The zero-order valence-corrected chi connectivity index (χ0v) is 28.4. The van der Waals surface area contributed by atoms with Gasteiger partial charge in [-0.15, -0.1) is 0 Å². The van der Waals surface area contributed by atoms with Gasteiger partial charge in [0.1, 0.15) is 11.5 Å². The predicted molar refractivity (Wildman–Crippen MR) is 158 cm³/mol. The topological polar surface area (TPSA) is 121 Å². The molecule has 2 aromatic carbocycles. The van der Waals surface area contributed by atoms with Crippen molar-refractivity contribution in [3.05, 3.63) is 58.7 Å². The molecule has 0 aromatic heterocycles. The molecule has 0 fully saturated rings. The minimum Gasteiger partial charge on any atom is -0.545 e. The van der Waals surface area contributed by atoms with Crippen LogP contribution in [0.2, 0.25) is 0 Å². The van der Waals surface area contributed by atoms with Gasteiger partial charge in [0, 0.05) is 11.1 Å². The Hall–Kier alpha value is -2.40. The monoisotopic (exact) mass is 618 g/mol. The number of hydrogen-bond donors (Lipinski definition) is 2. The second-order valence-corrected chi connectivity index (χ2v) is 10.7. The van der Waals surface area contributed by atoms with Crippen LogP contribution in [0, 0.1) is 0 Å². The van der Waals surface area contributed by atoms with Crippen LogP contribution in [-0.4, -0.2) is 22.2 Å². The zero-order chi connectivity index (χ0) is 29.6. The van der Waals surface area contributed by atoms with E-state index in [1.165, 1.54) is 89.2 Å². The predicted octanol–water partition coefficient (Wildman–Crippen LogP) is 6.88. The molecule has 0 saturated heterocycles. The number of rotatable bonds is 20. The van der Waals surface area contributed by atoms with E-state index >= 15 is 0 Å². The molecule has 7 heteroatoms. The van der Waals surface area contributed by atoms with E-state index in [4.69, 9.17) is 0 Å². The van der Waals surface area contributed by atoms with Crippen LogP contribution in [0.4, 0.5) is 0 Å². The molecule has 2 rings (SSSR count). The van der Waals surface area contributed by atoms with Crippen LogP contribution in [0.3, 0.4) is 0 Å². The van der Waals surface area contributed by atoms with Gasteiger partial charge in [-0.2, -0.15) is 0 Å². The molecule has 0 bridgehead atoms. The Morgan fingerprint density at radius 3 is 1.12 bits per heavy atom. The summed E-state index contributed by atoms with van der Waals surface area (Å²) in [5, 5.41) is 41.3. The van der Waals surface area contributed by atoms with E-state index < -0.39 is 11.9 Å². The van der Waals surface area contributed by atoms with E-state index in [1.54, 1.807) is 24.3 Å². The fourth-order valence-electron chi connectivity index (χ4n) is 4.81. The number of aryl methyl sites for hydroxylation is 2. The maximum Gasteiger partial charge on any atom is 2.00 e. The van der Waals surface area contributed by atoms with E-state index in [2.05, 4.69) is 13.8 Å². The number of hydrogen-bond acceptors (Lipinski definition) is 6.